The number of aromatic nitrogens is 2. The zero-order chi connectivity index (χ0) is 21.8. The number of fused-ring (bicyclic) bond motifs is 1. The zero-order valence-corrected chi connectivity index (χ0v) is 17.9. The maximum atomic E-state index is 13.8. The van der Waals surface area contributed by atoms with Crippen LogP contribution in [0.15, 0.2) is 42.9 Å². The standard InChI is InChI=1S/C23H29N5O3/c1-2-3-10-25-13-14-28(23(31)22(25)30)20(18-8-5-4-6-9-18)21(29)26-11-7-12-27-17-24-15-19(27)16-26/h4-6,8-9,15,17,20H,2-3,7,10-14,16H2,1H3/t20-/m0/s1. The molecule has 3 amide bonds. The molecule has 2 aromatic rings. The van der Waals surface area contributed by atoms with Crippen molar-refractivity contribution in [3.05, 3.63) is 54.1 Å². The van der Waals surface area contributed by atoms with E-state index in [0.717, 1.165) is 37.1 Å². The summed E-state index contributed by atoms with van der Waals surface area (Å²) in [5, 5.41) is 0. The highest BCUT2D eigenvalue weighted by molar-refractivity contribution is 6.35. The number of hydrogen-bond acceptors (Lipinski definition) is 4. The summed E-state index contributed by atoms with van der Waals surface area (Å²) in [5.41, 5.74) is 1.71. The fraction of sp³-hybridized carbons (Fsp3) is 0.478. The average molecular weight is 424 g/mol. The molecule has 8 nitrogen and oxygen atoms in total. The van der Waals surface area contributed by atoms with Gasteiger partial charge in [0, 0.05) is 38.9 Å². The van der Waals surface area contributed by atoms with E-state index in [1.807, 2.05) is 30.3 Å². The van der Waals surface area contributed by atoms with E-state index < -0.39 is 17.9 Å². The van der Waals surface area contributed by atoms with Crippen LogP contribution < -0.4 is 0 Å². The number of nitrogens with zero attached hydrogens (tertiary/aromatic N) is 5. The molecule has 8 heteroatoms. The van der Waals surface area contributed by atoms with Crippen molar-refractivity contribution in [2.45, 2.75) is 45.3 Å². The highest BCUT2D eigenvalue weighted by Crippen LogP contribution is 2.27. The molecule has 164 valence electrons. The first kappa shape index (κ1) is 21.1. The third-order valence-corrected chi connectivity index (χ3v) is 6.07. The predicted molar refractivity (Wildman–Crippen MR) is 115 cm³/mol. The minimum absolute atomic E-state index is 0.149. The molecular weight excluding hydrogens is 394 g/mol. The van der Waals surface area contributed by atoms with Crippen molar-refractivity contribution in [3.63, 3.8) is 0 Å². The van der Waals surface area contributed by atoms with Gasteiger partial charge in [0.1, 0.15) is 6.04 Å². The predicted octanol–water partition coefficient (Wildman–Crippen LogP) is 1.83. The van der Waals surface area contributed by atoms with Crippen LogP contribution in [-0.4, -0.2) is 68.2 Å². The average Bonchev–Trinajstić information content (AvgIpc) is 3.13. The van der Waals surface area contributed by atoms with Crippen LogP contribution in [0.25, 0.3) is 0 Å². The summed E-state index contributed by atoms with van der Waals surface area (Å²) >= 11 is 0. The first-order valence-corrected chi connectivity index (χ1v) is 11.0. The summed E-state index contributed by atoms with van der Waals surface area (Å²) in [6, 6.07) is 8.50. The van der Waals surface area contributed by atoms with Gasteiger partial charge in [-0.15, -0.1) is 0 Å². The van der Waals surface area contributed by atoms with Crippen LogP contribution in [0.1, 0.15) is 43.5 Å². The number of amides is 3. The number of benzene rings is 1. The number of hydrogen-bond donors (Lipinski definition) is 0. The summed E-state index contributed by atoms with van der Waals surface area (Å²) in [5.74, 6) is -1.25. The maximum Gasteiger partial charge on any atom is 0.313 e. The van der Waals surface area contributed by atoms with Gasteiger partial charge in [-0.25, -0.2) is 4.98 Å². The minimum atomic E-state index is -0.805. The number of carbonyl (C=O) groups is 3. The molecule has 1 saturated heterocycles. The molecule has 0 bridgehead atoms. The monoisotopic (exact) mass is 423 g/mol. The molecule has 0 radical (unpaired) electrons. The highest BCUT2D eigenvalue weighted by atomic mass is 16.2. The van der Waals surface area contributed by atoms with Crippen molar-refractivity contribution in [1.29, 1.82) is 0 Å². The Kier molecular flexibility index (Phi) is 6.34. The normalized spacial score (nSPS) is 18.0. The lowest BCUT2D eigenvalue weighted by atomic mass is 10.0. The van der Waals surface area contributed by atoms with Crippen molar-refractivity contribution in [2.75, 3.05) is 26.2 Å². The molecule has 1 fully saturated rings. The number of unbranched alkanes of at least 4 members (excludes halogenated alkanes) is 1. The Bertz CT molecular complexity index is 942. The molecule has 1 atom stereocenters. The Balaban J connectivity index is 1.61. The first-order chi connectivity index (χ1) is 15.1. The van der Waals surface area contributed by atoms with Crippen LogP contribution in [-0.2, 0) is 27.5 Å². The fourth-order valence-electron chi connectivity index (χ4n) is 4.34. The Labute approximate surface area is 182 Å². The third kappa shape index (κ3) is 4.33. The van der Waals surface area contributed by atoms with Crippen molar-refractivity contribution in [2.24, 2.45) is 0 Å². The van der Waals surface area contributed by atoms with Crippen LogP contribution in [0.4, 0.5) is 0 Å². The Morgan fingerprint density at radius 3 is 2.65 bits per heavy atom. The lowest BCUT2D eigenvalue weighted by Crippen LogP contribution is -2.57. The molecular formula is C23H29N5O3. The van der Waals surface area contributed by atoms with Gasteiger partial charge in [0.2, 0.25) is 5.91 Å². The van der Waals surface area contributed by atoms with Gasteiger partial charge in [-0.2, -0.15) is 0 Å². The first-order valence-electron chi connectivity index (χ1n) is 11.0. The molecule has 31 heavy (non-hydrogen) atoms. The lowest BCUT2D eigenvalue weighted by molar-refractivity contribution is -0.161. The maximum absolute atomic E-state index is 13.8. The topological polar surface area (TPSA) is 78.8 Å². The second kappa shape index (κ2) is 9.32. The second-order valence-electron chi connectivity index (χ2n) is 8.15. The van der Waals surface area contributed by atoms with E-state index in [9.17, 15) is 14.4 Å². The molecule has 0 saturated carbocycles. The minimum Gasteiger partial charge on any atom is -0.335 e. The third-order valence-electron chi connectivity index (χ3n) is 6.07. The molecule has 2 aliphatic heterocycles. The number of piperazine rings is 1. The Morgan fingerprint density at radius 2 is 1.87 bits per heavy atom. The molecule has 4 rings (SSSR count). The van der Waals surface area contributed by atoms with E-state index in [4.69, 9.17) is 0 Å². The van der Waals surface area contributed by atoms with Crippen LogP contribution in [0.5, 0.6) is 0 Å². The molecule has 0 spiro atoms. The molecule has 1 aromatic heterocycles. The van der Waals surface area contributed by atoms with E-state index in [-0.39, 0.29) is 5.91 Å². The smallest absolute Gasteiger partial charge is 0.313 e. The van der Waals surface area contributed by atoms with Crippen LogP contribution in [0.2, 0.25) is 0 Å². The van der Waals surface area contributed by atoms with Crippen molar-refractivity contribution >= 4 is 17.7 Å². The van der Waals surface area contributed by atoms with Crippen molar-refractivity contribution in [1.82, 2.24) is 24.3 Å². The highest BCUT2D eigenvalue weighted by Gasteiger charge is 2.41. The van der Waals surface area contributed by atoms with Gasteiger partial charge >= 0.3 is 11.8 Å². The van der Waals surface area contributed by atoms with E-state index in [2.05, 4.69) is 16.5 Å². The quantitative estimate of drug-likeness (QED) is 0.664. The summed E-state index contributed by atoms with van der Waals surface area (Å²) < 4.78 is 2.06. The van der Waals surface area contributed by atoms with Crippen molar-refractivity contribution in [3.8, 4) is 0 Å². The molecule has 1 aromatic carbocycles. The van der Waals surface area contributed by atoms with E-state index in [0.29, 0.717) is 32.7 Å². The van der Waals surface area contributed by atoms with Crippen LogP contribution >= 0.6 is 0 Å². The summed E-state index contributed by atoms with van der Waals surface area (Å²) in [7, 11) is 0. The molecule has 0 aliphatic carbocycles. The van der Waals surface area contributed by atoms with E-state index in [1.165, 1.54) is 4.90 Å². The summed E-state index contributed by atoms with van der Waals surface area (Å²) in [6.45, 7) is 5.29. The van der Waals surface area contributed by atoms with Gasteiger partial charge in [-0.1, -0.05) is 43.7 Å². The van der Waals surface area contributed by atoms with E-state index in [1.54, 1.807) is 22.3 Å². The molecule has 0 N–H and O–H groups in total. The molecule has 0 unspecified atom stereocenters. The van der Waals surface area contributed by atoms with Crippen molar-refractivity contribution < 1.29 is 14.4 Å². The largest absolute Gasteiger partial charge is 0.335 e. The number of carbonyl (C=O) groups excluding carboxylic acids is 3. The van der Waals surface area contributed by atoms with Gasteiger partial charge in [-0.3, -0.25) is 14.4 Å². The Hall–Kier alpha value is -3.16. The summed E-state index contributed by atoms with van der Waals surface area (Å²) in [6.07, 6.45) is 6.20. The Morgan fingerprint density at radius 1 is 1.06 bits per heavy atom. The number of aryl methyl sites for hydroxylation is 1. The zero-order valence-electron chi connectivity index (χ0n) is 17.9. The summed E-state index contributed by atoms with van der Waals surface area (Å²) in [4.78, 5) is 48.7. The fourth-order valence-corrected chi connectivity index (χ4v) is 4.34. The van der Waals surface area contributed by atoms with Crippen LogP contribution in [0.3, 0.4) is 0 Å². The SMILES string of the molecule is CCCCN1CCN([C@H](C(=O)N2CCCn3cncc3C2)c2ccccc2)C(=O)C1=O. The lowest BCUT2D eigenvalue weighted by Gasteiger charge is -2.39. The van der Waals surface area contributed by atoms with Crippen LogP contribution in [0, 0.1) is 0 Å². The number of imidazole rings is 1. The second-order valence-corrected chi connectivity index (χ2v) is 8.15. The van der Waals surface area contributed by atoms with Gasteiger partial charge in [-0.05, 0) is 18.4 Å². The van der Waals surface area contributed by atoms with Gasteiger partial charge in [0.15, 0.2) is 0 Å². The van der Waals surface area contributed by atoms with E-state index >= 15 is 0 Å². The van der Waals surface area contributed by atoms with Gasteiger partial charge in [0.25, 0.3) is 0 Å². The molecule has 3 heterocycles. The number of rotatable bonds is 6. The van der Waals surface area contributed by atoms with Gasteiger partial charge in [0.05, 0.1) is 18.6 Å². The van der Waals surface area contributed by atoms with Gasteiger partial charge < -0.3 is 19.3 Å². The molecule has 2 aliphatic rings.